The second kappa shape index (κ2) is 9.54. The minimum atomic E-state index is -4.62. The van der Waals surface area contributed by atoms with E-state index in [1.54, 1.807) is 4.90 Å². The van der Waals surface area contributed by atoms with E-state index in [0.29, 0.717) is 0 Å². The number of carbonyl (C=O) groups excluding carboxylic acids is 3. The van der Waals surface area contributed by atoms with E-state index < -0.39 is 41.7 Å². The summed E-state index contributed by atoms with van der Waals surface area (Å²) in [5.41, 5.74) is 3.39. The van der Waals surface area contributed by atoms with Gasteiger partial charge in [0.25, 0.3) is 11.8 Å². The van der Waals surface area contributed by atoms with Crippen LogP contribution in [0.4, 0.5) is 13.2 Å². The van der Waals surface area contributed by atoms with Gasteiger partial charge in [0.05, 0.1) is 11.1 Å². The Bertz CT molecular complexity index is 795. The molecule has 8 nitrogen and oxygen atoms in total. The molecule has 2 rings (SSSR count). The number of piperazine rings is 1. The molecule has 1 aliphatic rings. The molecule has 0 saturated carbocycles. The Morgan fingerprint density at radius 1 is 1.07 bits per heavy atom. The summed E-state index contributed by atoms with van der Waals surface area (Å²) in [6, 6.07) is 4.65. The number of carbonyl (C=O) groups is 3. The van der Waals surface area contributed by atoms with Crippen molar-refractivity contribution in [2.75, 3.05) is 32.8 Å². The van der Waals surface area contributed by atoms with E-state index in [-0.39, 0.29) is 31.3 Å². The van der Waals surface area contributed by atoms with Crippen molar-refractivity contribution in [3.05, 3.63) is 35.4 Å². The molecule has 2 amide bonds. The summed E-state index contributed by atoms with van der Waals surface area (Å²) in [6.45, 7) is 1.56. The number of halogens is 3. The second-order valence-electron chi connectivity index (χ2n) is 6.08. The van der Waals surface area contributed by atoms with E-state index in [1.807, 2.05) is 0 Å². The number of amides is 2. The van der Waals surface area contributed by atoms with Crippen LogP contribution in [0.5, 0.6) is 0 Å². The SMILES string of the molecule is CC(=O)OCC(=O)NNC(=S)N1CCN(C(=O)c2ccccc2C(F)(F)F)CC1. The third-order valence-corrected chi connectivity index (χ3v) is 4.39. The number of ether oxygens (including phenoxy) is 1. The Hall–Kier alpha value is -2.89. The van der Waals surface area contributed by atoms with Crippen molar-refractivity contribution in [3.63, 3.8) is 0 Å². The third kappa shape index (κ3) is 6.31. The van der Waals surface area contributed by atoms with E-state index in [0.717, 1.165) is 12.1 Å². The average Bonchev–Trinajstić information content (AvgIpc) is 2.69. The van der Waals surface area contributed by atoms with Gasteiger partial charge in [-0.25, -0.2) is 0 Å². The second-order valence-corrected chi connectivity index (χ2v) is 6.47. The molecular weight excluding hydrogens is 413 g/mol. The van der Waals surface area contributed by atoms with Crippen LogP contribution >= 0.6 is 12.2 Å². The molecule has 1 fully saturated rings. The summed E-state index contributed by atoms with van der Waals surface area (Å²) in [5.74, 6) is -1.91. The number of hydrazine groups is 1. The largest absolute Gasteiger partial charge is 0.456 e. The first-order valence-electron chi connectivity index (χ1n) is 8.52. The van der Waals surface area contributed by atoms with E-state index in [4.69, 9.17) is 12.2 Å². The van der Waals surface area contributed by atoms with Gasteiger partial charge in [0, 0.05) is 33.1 Å². The molecule has 0 aliphatic carbocycles. The van der Waals surface area contributed by atoms with Gasteiger partial charge in [0.2, 0.25) is 0 Å². The summed E-state index contributed by atoms with van der Waals surface area (Å²) in [7, 11) is 0. The molecule has 2 N–H and O–H groups in total. The highest BCUT2D eigenvalue weighted by Gasteiger charge is 2.36. The van der Waals surface area contributed by atoms with Crippen molar-refractivity contribution in [3.8, 4) is 0 Å². The topological polar surface area (TPSA) is 91.0 Å². The molecule has 158 valence electrons. The Morgan fingerprint density at radius 3 is 2.24 bits per heavy atom. The van der Waals surface area contributed by atoms with Crippen molar-refractivity contribution in [2.24, 2.45) is 0 Å². The molecule has 12 heteroatoms. The Kier molecular flexibility index (Phi) is 7.37. The number of nitrogens with zero attached hydrogens (tertiary/aromatic N) is 2. The van der Waals surface area contributed by atoms with E-state index >= 15 is 0 Å². The van der Waals surface area contributed by atoms with Gasteiger partial charge >= 0.3 is 12.1 Å². The fraction of sp³-hybridized carbons (Fsp3) is 0.412. The van der Waals surface area contributed by atoms with Crippen LogP contribution in [0.3, 0.4) is 0 Å². The highest BCUT2D eigenvalue weighted by molar-refractivity contribution is 7.80. The molecule has 0 bridgehead atoms. The molecule has 29 heavy (non-hydrogen) atoms. The van der Waals surface area contributed by atoms with Crippen LogP contribution in [0.25, 0.3) is 0 Å². The highest BCUT2D eigenvalue weighted by atomic mass is 32.1. The standard InChI is InChI=1S/C17H19F3N4O4S/c1-11(25)28-10-14(26)21-22-16(29)24-8-6-23(7-9-24)15(27)12-4-2-3-5-13(12)17(18,19)20/h2-5H,6-10H2,1H3,(H,21,26)(H,22,29). The predicted molar refractivity (Wildman–Crippen MR) is 99.4 cm³/mol. The first-order valence-corrected chi connectivity index (χ1v) is 8.93. The first-order chi connectivity index (χ1) is 13.6. The third-order valence-electron chi connectivity index (χ3n) is 4.03. The number of benzene rings is 1. The molecular formula is C17H19F3N4O4S. The quantitative estimate of drug-likeness (QED) is 0.417. The Labute approximate surface area is 169 Å². The fourth-order valence-corrected chi connectivity index (χ4v) is 2.84. The molecule has 1 aliphatic heterocycles. The van der Waals surface area contributed by atoms with Gasteiger partial charge in [-0.2, -0.15) is 13.2 Å². The maximum absolute atomic E-state index is 13.1. The van der Waals surface area contributed by atoms with Gasteiger partial charge < -0.3 is 14.5 Å². The highest BCUT2D eigenvalue weighted by Crippen LogP contribution is 2.32. The molecule has 0 spiro atoms. The van der Waals surface area contributed by atoms with Crippen molar-refractivity contribution in [2.45, 2.75) is 13.1 Å². The molecule has 1 aromatic carbocycles. The van der Waals surface area contributed by atoms with Crippen LogP contribution < -0.4 is 10.9 Å². The average molecular weight is 432 g/mol. The number of hydrogen-bond acceptors (Lipinski definition) is 5. The van der Waals surface area contributed by atoms with Crippen LogP contribution in [0.1, 0.15) is 22.8 Å². The van der Waals surface area contributed by atoms with E-state index in [9.17, 15) is 27.6 Å². The number of thiocarbonyl (C=S) groups is 1. The van der Waals surface area contributed by atoms with Crippen molar-refractivity contribution in [1.29, 1.82) is 0 Å². The number of esters is 1. The lowest BCUT2D eigenvalue weighted by Crippen LogP contribution is -2.56. The maximum atomic E-state index is 13.1. The predicted octanol–water partition coefficient (Wildman–Crippen LogP) is 0.932. The normalized spacial score (nSPS) is 14.2. The van der Waals surface area contributed by atoms with Gasteiger partial charge in [-0.05, 0) is 24.4 Å². The van der Waals surface area contributed by atoms with Crippen LogP contribution in [0.15, 0.2) is 24.3 Å². The van der Waals surface area contributed by atoms with Crippen LogP contribution in [-0.2, 0) is 20.5 Å². The summed E-state index contributed by atoms with van der Waals surface area (Å²) in [5, 5.41) is 0.170. The number of hydrogen-bond donors (Lipinski definition) is 2. The first kappa shape index (κ1) is 22.4. The van der Waals surface area contributed by atoms with Crippen LogP contribution in [0.2, 0.25) is 0 Å². The smallest absolute Gasteiger partial charge is 0.417 e. The van der Waals surface area contributed by atoms with Gasteiger partial charge in [0.1, 0.15) is 0 Å². The molecule has 0 unspecified atom stereocenters. The number of nitrogens with one attached hydrogen (secondary N) is 2. The van der Waals surface area contributed by atoms with Crippen molar-refractivity contribution < 1.29 is 32.3 Å². The molecule has 1 saturated heterocycles. The van der Waals surface area contributed by atoms with Crippen LogP contribution in [0, 0.1) is 0 Å². The number of alkyl halides is 3. The maximum Gasteiger partial charge on any atom is 0.417 e. The summed E-state index contributed by atoms with van der Waals surface area (Å²) in [6.07, 6.45) is -4.62. The minimum Gasteiger partial charge on any atom is -0.456 e. The Morgan fingerprint density at radius 2 is 1.66 bits per heavy atom. The summed E-state index contributed by atoms with van der Waals surface area (Å²) < 4.78 is 43.9. The van der Waals surface area contributed by atoms with Crippen molar-refractivity contribution >= 4 is 35.1 Å². The zero-order chi connectivity index (χ0) is 21.6. The zero-order valence-electron chi connectivity index (χ0n) is 15.4. The molecule has 0 radical (unpaired) electrons. The van der Waals surface area contributed by atoms with E-state index in [2.05, 4.69) is 15.6 Å². The van der Waals surface area contributed by atoms with Crippen LogP contribution in [-0.4, -0.2) is 65.5 Å². The van der Waals surface area contributed by atoms with Crippen molar-refractivity contribution in [1.82, 2.24) is 20.7 Å². The molecule has 0 aromatic heterocycles. The lowest BCUT2D eigenvalue weighted by Gasteiger charge is -2.36. The summed E-state index contributed by atoms with van der Waals surface area (Å²) >= 11 is 5.14. The molecule has 0 atom stereocenters. The number of rotatable bonds is 3. The Balaban J connectivity index is 1.88. The molecule has 1 aromatic rings. The minimum absolute atomic E-state index is 0.161. The summed E-state index contributed by atoms with van der Waals surface area (Å²) in [4.78, 5) is 37.6. The lowest BCUT2D eigenvalue weighted by atomic mass is 10.1. The lowest BCUT2D eigenvalue weighted by molar-refractivity contribution is -0.146. The van der Waals surface area contributed by atoms with Gasteiger partial charge in [0.15, 0.2) is 11.7 Å². The van der Waals surface area contributed by atoms with E-state index in [1.165, 1.54) is 24.0 Å². The molecule has 1 heterocycles. The monoisotopic (exact) mass is 432 g/mol. The van der Waals surface area contributed by atoms with Gasteiger partial charge in [-0.15, -0.1) is 0 Å². The van der Waals surface area contributed by atoms with Gasteiger partial charge in [-0.1, -0.05) is 12.1 Å². The fourth-order valence-electron chi connectivity index (χ4n) is 2.61. The van der Waals surface area contributed by atoms with Gasteiger partial charge in [-0.3, -0.25) is 25.2 Å². The zero-order valence-corrected chi connectivity index (χ0v) is 16.2.